The molecule has 1 heterocycles. The third-order valence-electron chi connectivity index (χ3n) is 2.22. The number of anilines is 1. The van der Waals surface area contributed by atoms with E-state index in [0.717, 1.165) is 11.4 Å². The quantitative estimate of drug-likeness (QED) is 0.766. The van der Waals surface area contributed by atoms with Crippen molar-refractivity contribution >= 4 is 11.6 Å². The summed E-state index contributed by atoms with van der Waals surface area (Å²) < 4.78 is 1.68. The average Bonchev–Trinajstić information content (AvgIpc) is 2.44. The van der Waals surface area contributed by atoms with Gasteiger partial charge in [0.2, 0.25) is 5.91 Å². The zero-order chi connectivity index (χ0) is 11.4. The second-order valence-corrected chi connectivity index (χ2v) is 3.90. The molecule has 1 rings (SSSR count). The number of nitrogens with zero attached hydrogens (tertiary/aromatic N) is 2. The van der Waals surface area contributed by atoms with Crippen LogP contribution in [0.25, 0.3) is 0 Å². The predicted molar refractivity (Wildman–Crippen MR) is 59.4 cm³/mol. The highest BCUT2D eigenvalue weighted by atomic mass is 16.1. The van der Waals surface area contributed by atoms with Crippen LogP contribution in [0.1, 0.15) is 19.0 Å². The summed E-state index contributed by atoms with van der Waals surface area (Å²) >= 11 is 0. The lowest BCUT2D eigenvalue weighted by molar-refractivity contribution is -0.116. The van der Waals surface area contributed by atoms with E-state index in [4.69, 9.17) is 5.73 Å². The number of carbonyl (C=O) groups is 1. The lowest BCUT2D eigenvalue weighted by Crippen LogP contribution is -2.20. The zero-order valence-corrected chi connectivity index (χ0v) is 9.45. The summed E-state index contributed by atoms with van der Waals surface area (Å²) in [7, 11) is 1.82. The van der Waals surface area contributed by atoms with Gasteiger partial charge in [-0.15, -0.1) is 0 Å². The highest BCUT2D eigenvalue weighted by Gasteiger charge is 2.10. The molecule has 0 spiro atoms. The average molecular weight is 210 g/mol. The molecule has 0 aliphatic heterocycles. The maximum atomic E-state index is 11.5. The van der Waals surface area contributed by atoms with E-state index in [-0.39, 0.29) is 11.8 Å². The molecule has 0 saturated heterocycles. The van der Waals surface area contributed by atoms with Gasteiger partial charge in [-0.3, -0.25) is 9.48 Å². The third-order valence-corrected chi connectivity index (χ3v) is 2.22. The largest absolute Gasteiger partial charge is 0.330 e. The normalized spacial score (nSPS) is 12.5. The Balaban J connectivity index is 2.55. The summed E-state index contributed by atoms with van der Waals surface area (Å²) in [6.07, 6.45) is 2.24. The minimum absolute atomic E-state index is 0.0101. The summed E-state index contributed by atoms with van der Waals surface area (Å²) in [5.74, 6) is 0.200. The number of amides is 1. The maximum Gasteiger partial charge on any atom is 0.224 e. The number of hydrogen-bond acceptors (Lipinski definition) is 3. The predicted octanol–water partition coefficient (Wildman–Crippen LogP) is 0.652. The second kappa shape index (κ2) is 4.93. The van der Waals surface area contributed by atoms with Gasteiger partial charge in [0.1, 0.15) is 0 Å². The summed E-state index contributed by atoms with van der Waals surface area (Å²) in [5.41, 5.74) is 7.05. The van der Waals surface area contributed by atoms with Crippen LogP contribution in [0.2, 0.25) is 0 Å². The van der Waals surface area contributed by atoms with E-state index in [1.807, 2.05) is 20.9 Å². The molecule has 1 atom stereocenters. The Hall–Kier alpha value is -1.36. The smallest absolute Gasteiger partial charge is 0.224 e. The van der Waals surface area contributed by atoms with E-state index < -0.39 is 0 Å². The molecular weight excluding hydrogens is 192 g/mol. The Morgan fingerprint density at radius 1 is 1.73 bits per heavy atom. The monoisotopic (exact) mass is 210 g/mol. The van der Waals surface area contributed by atoms with Crippen molar-refractivity contribution < 1.29 is 4.79 Å². The van der Waals surface area contributed by atoms with E-state index >= 15 is 0 Å². The first-order valence-corrected chi connectivity index (χ1v) is 5.03. The van der Waals surface area contributed by atoms with Crippen LogP contribution >= 0.6 is 0 Å². The topological polar surface area (TPSA) is 72.9 Å². The number of nitrogens with one attached hydrogen (secondary N) is 1. The van der Waals surface area contributed by atoms with Gasteiger partial charge in [-0.2, -0.15) is 5.10 Å². The van der Waals surface area contributed by atoms with Gasteiger partial charge in [0.25, 0.3) is 0 Å². The Morgan fingerprint density at radius 2 is 2.40 bits per heavy atom. The molecule has 84 valence electrons. The fourth-order valence-corrected chi connectivity index (χ4v) is 1.32. The fraction of sp³-hybridized carbons (Fsp3) is 0.600. The SMILES string of the molecule is Cc1nn(C)cc1NC(=O)CC(C)CN. The molecule has 0 aliphatic rings. The van der Waals surface area contributed by atoms with Crippen LogP contribution < -0.4 is 11.1 Å². The molecule has 15 heavy (non-hydrogen) atoms. The van der Waals surface area contributed by atoms with Gasteiger partial charge in [0.15, 0.2) is 0 Å². The lowest BCUT2D eigenvalue weighted by Gasteiger charge is -2.07. The molecule has 5 heteroatoms. The van der Waals surface area contributed by atoms with Crippen LogP contribution in [0.15, 0.2) is 6.20 Å². The van der Waals surface area contributed by atoms with Crippen molar-refractivity contribution in [2.24, 2.45) is 18.7 Å². The van der Waals surface area contributed by atoms with Crippen molar-refractivity contribution in [1.29, 1.82) is 0 Å². The molecule has 1 unspecified atom stereocenters. The van der Waals surface area contributed by atoms with E-state index in [2.05, 4.69) is 10.4 Å². The minimum atomic E-state index is -0.0101. The molecule has 3 N–H and O–H groups in total. The molecule has 5 nitrogen and oxygen atoms in total. The zero-order valence-electron chi connectivity index (χ0n) is 9.45. The molecule has 1 amide bonds. The number of carbonyl (C=O) groups excluding carboxylic acids is 1. The van der Waals surface area contributed by atoms with Gasteiger partial charge in [-0.1, -0.05) is 6.92 Å². The molecule has 0 aromatic carbocycles. The number of rotatable bonds is 4. The Kier molecular flexibility index (Phi) is 3.85. The molecule has 0 fully saturated rings. The number of nitrogens with two attached hydrogens (primary N) is 1. The fourth-order valence-electron chi connectivity index (χ4n) is 1.32. The van der Waals surface area contributed by atoms with Crippen molar-refractivity contribution in [3.05, 3.63) is 11.9 Å². The highest BCUT2D eigenvalue weighted by Crippen LogP contribution is 2.12. The van der Waals surface area contributed by atoms with Gasteiger partial charge in [-0.05, 0) is 19.4 Å². The van der Waals surface area contributed by atoms with Gasteiger partial charge in [-0.25, -0.2) is 0 Å². The molecule has 1 aromatic rings. The molecule has 0 aliphatic carbocycles. The van der Waals surface area contributed by atoms with E-state index in [0.29, 0.717) is 13.0 Å². The van der Waals surface area contributed by atoms with Gasteiger partial charge < -0.3 is 11.1 Å². The van der Waals surface area contributed by atoms with Crippen LogP contribution in [-0.4, -0.2) is 22.2 Å². The van der Waals surface area contributed by atoms with Crippen molar-refractivity contribution in [2.75, 3.05) is 11.9 Å². The summed E-state index contributed by atoms with van der Waals surface area (Å²) in [5, 5.41) is 6.96. The number of hydrogen-bond donors (Lipinski definition) is 2. The minimum Gasteiger partial charge on any atom is -0.330 e. The highest BCUT2D eigenvalue weighted by molar-refractivity contribution is 5.91. The summed E-state index contributed by atoms with van der Waals surface area (Å²) in [6, 6.07) is 0. The van der Waals surface area contributed by atoms with Gasteiger partial charge >= 0.3 is 0 Å². The van der Waals surface area contributed by atoms with E-state index in [1.54, 1.807) is 10.9 Å². The van der Waals surface area contributed by atoms with Crippen molar-refractivity contribution in [3.8, 4) is 0 Å². The number of aromatic nitrogens is 2. The molecular formula is C10H18N4O. The molecule has 0 radical (unpaired) electrons. The first-order valence-electron chi connectivity index (χ1n) is 5.03. The standard InChI is InChI=1S/C10H18N4O/c1-7(5-11)4-10(15)12-9-6-14(3)13-8(9)2/h6-7H,4-5,11H2,1-3H3,(H,12,15). The van der Waals surface area contributed by atoms with Crippen molar-refractivity contribution in [1.82, 2.24) is 9.78 Å². The van der Waals surface area contributed by atoms with Crippen LogP contribution in [-0.2, 0) is 11.8 Å². The molecule has 0 saturated carbocycles. The van der Waals surface area contributed by atoms with E-state index in [9.17, 15) is 4.79 Å². The molecule has 1 aromatic heterocycles. The van der Waals surface area contributed by atoms with Crippen molar-refractivity contribution in [3.63, 3.8) is 0 Å². The summed E-state index contributed by atoms with van der Waals surface area (Å²) in [6.45, 7) is 4.34. The van der Waals surface area contributed by atoms with E-state index in [1.165, 1.54) is 0 Å². The summed E-state index contributed by atoms with van der Waals surface area (Å²) in [4.78, 5) is 11.5. The van der Waals surface area contributed by atoms with Crippen LogP contribution in [0.5, 0.6) is 0 Å². The van der Waals surface area contributed by atoms with Crippen LogP contribution in [0.3, 0.4) is 0 Å². The van der Waals surface area contributed by atoms with Gasteiger partial charge in [0.05, 0.1) is 11.4 Å². The lowest BCUT2D eigenvalue weighted by atomic mass is 10.1. The third kappa shape index (κ3) is 3.36. The van der Waals surface area contributed by atoms with Gasteiger partial charge in [0, 0.05) is 19.7 Å². The first kappa shape index (κ1) is 11.7. The van der Waals surface area contributed by atoms with Crippen molar-refractivity contribution in [2.45, 2.75) is 20.3 Å². The Bertz CT molecular complexity index is 345. The Morgan fingerprint density at radius 3 is 2.87 bits per heavy atom. The maximum absolute atomic E-state index is 11.5. The Labute approximate surface area is 89.6 Å². The van der Waals surface area contributed by atoms with Crippen LogP contribution in [0.4, 0.5) is 5.69 Å². The molecule has 0 bridgehead atoms. The first-order chi connectivity index (χ1) is 7.02. The van der Waals surface area contributed by atoms with Crippen LogP contribution in [0, 0.1) is 12.8 Å². The number of aryl methyl sites for hydroxylation is 2. The second-order valence-electron chi connectivity index (χ2n) is 3.90.